The Labute approximate surface area is 452 Å². The van der Waals surface area contributed by atoms with Gasteiger partial charge < -0.3 is 49.5 Å². The number of hydrogen-bond acceptors (Lipinski definition) is 11. The van der Waals surface area contributed by atoms with Crippen LogP contribution in [0, 0.1) is 32.6 Å². The number of hydrogen-bond donors (Lipinski definition) is 5. The summed E-state index contributed by atoms with van der Waals surface area (Å²) in [6.07, 6.45) is 5.25. The molecule has 3 aromatic carbocycles. The van der Waals surface area contributed by atoms with Crippen LogP contribution in [-0.4, -0.2) is 140 Å². The molecule has 12 nitrogen and oxygen atoms in total. The van der Waals surface area contributed by atoms with Gasteiger partial charge in [-0.05, 0) is 167 Å². The van der Waals surface area contributed by atoms with Gasteiger partial charge in [-0.2, -0.15) is 0 Å². The summed E-state index contributed by atoms with van der Waals surface area (Å²) in [4.78, 5) is 31.5. The molecule has 13 heteroatoms. The third-order valence-corrected chi connectivity index (χ3v) is 21.0. The third-order valence-electron chi connectivity index (χ3n) is 16.6. The molecular weight excluding hydrogens is 964 g/mol. The molecule has 2 saturated heterocycles. The van der Waals surface area contributed by atoms with Crippen molar-refractivity contribution in [2.45, 2.75) is 232 Å². The Morgan fingerprint density at radius 2 is 1.25 bits per heavy atom. The van der Waals surface area contributed by atoms with Gasteiger partial charge in [0.1, 0.15) is 47.1 Å². The Morgan fingerprint density at radius 3 is 1.73 bits per heavy atom. The lowest BCUT2D eigenvalue weighted by Crippen LogP contribution is -2.60. The number of ether oxygens (including phenoxy) is 3. The molecule has 1 amide bonds. The Morgan fingerprint density at radius 1 is 0.760 bits per heavy atom. The van der Waals surface area contributed by atoms with Crippen molar-refractivity contribution < 1.29 is 49.3 Å². The van der Waals surface area contributed by atoms with Crippen LogP contribution in [0.5, 0.6) is 0 Å². The maximum atomic E-state index is 14.3. The molecule has 13 atom stereocenters. The first-order chi connectivity index (χ1) is 35.4. The number of likely N-dealkylation sites (N-methyl/N-ethyl adjacent to an activating group) is 1. The molecule has 420 valence electrons. The number of nitrogens with zero attached hydrogens (tertiary/aromatic N) is 2. The van der Waals surface area contributed by atoms with E-state index in [1.807, 2.05) is 32.8 Å². The summed E-state index contributed by atoms with van der Waals surface area (Å²) in [6, 6.07) is 26.5. The van der Waals surface area contributed by atoms with Gasteiger partial charge in [0.15, 0.2) is 6.29 Å². The standard InChI is InChI=1S/C62H98N2O10P/c1-13-54-62(10,71)58(68)48(8)64(41-45(5)40-61(9,70)55(39-53(65)47(7)59(69)73-54)74-60-57(67)52(63(11)12)38-46(6)72-60)56(66)33-22-20-18-16-14-15-17-19-21-23-34-75(49-30-24-27-42(2)35-49,50-31-25-28-43(3)36-50)51-32-26-29-44(4)37-51/h24-32,35-37,45-48,52-55,57-58,60,65,67-68,70-71H,13-23,33-34,38-41H2,1-12H3/q+1/t45-,46-,47-,48-,52+,53+,54-,55-,57-,58-,60+,61-,62-/m1/s1. The summed E-state index contributed by atoms with van der Waals surface area (Å²) in [5, 5.41) is 63.4. The highest BCUT2D eigenvalue weighted by Crippen LogP contribution is 2.56. The second-order valence-electron chi connectivity index (χ2n) is 23.6. The SMILES string of the molecule is CC[C@H]1OC(=O)[C@H](C)[C@@H](O)C[C@@H](O[C@@H]2O[C@H](C)C[C@H](N(C)C)[C@H]2O)[C@](C)(O)C[C@@H](C)CN(C(=O)CCCCCCCCCCCC[P+](c2cccc(C)c2)(c2cccc(C)c2)c2cccc(C)c2)[C@H](C)[C@@H](O)[C@]1(C)O. The second kappa shape index (κ2) is 28.5. The van der Waals surface area contributed by atoms with Crippen LogP contribution in [0.25, 0.3) is 0 Å². The fourth-order valence-corrected chi connectivity index (χ4v) is 16.6. The van der Waals surface area contributed by atoms with E-state index in [4.69, 9.17) is 14.2 Å². The normalized spacial score (nSPS) is 30.7. The quantitative estimate of drug-likeness (QED) is 0.0417. The number of aliphatic hydroxyl groups excluding tert-OH is 3. The average molecular weight is 1060 g/mol. The van der Waals surface area contributed by atoms with E-state index in [-0.39, 0.29) is 56.2 Å². The first-order valence-corrected chi connectivity index (χ1v) is 30.5. The number of aryl methyl sites for hydroxylation is 3. The molecule has 0 aromatic heterocycles. The third kappa shape index (κ3) is 16.6. The number of aliphatic hydroxyl groups is 5. The summed E-state index contributed by atoms with van der Waals surface area (Å²) < 4.78 is 18.4. The van der Waals surface area contributed by atoms with E-state index in [0.29, 0.717) is 12.8 Å². The van der Waals surface area contributed by atoms with Crippen LogP contribution in [0.15, 0.2) is 72.8 Å². The molecule has 0 bridgehead atoms. The minimum absolute atomic E-state index is 0.107. The lowest BCUT2D eigenvalue weighted by atomic mass is 9.83. The number of carbonyl (C=O) groups is 2. The van der Waals surface area contributed by atoms with Gasteiger partial charge in [-0.25, -0.2) is 0 Å². The van der Waals surface area contributed by atoms with E-state index < -0.39 is 73.2 Å². The van der Waals surface area contributed by atoms with Crippen LogP contribution in [0.3, 0.4) is 0 Å². The van der Waals surface area contributed by atoms with Crippen LogP contribution in [0.2, 0.25) is 0 Å². The van der Waals surface area contributed by atoms with Crippen molar-refractivity contribution in [3.05, 3.63) is 89.5 Å². The molecule has 2 heterocycles. The average Bonchev–Trinajstić information content (AvgIpc) is 3.35. The lowest BCUT2D eigenvalue weighted by Gasteiger charge is -2.45. The number of unbranched alkanes of at least 4 members (excludes halogenated alkanes) is 9. The van der Waals surface area contributed by atoms with E-state index in [9.17, 15) is 35.1 Å². The minimum Gasteiger partial charge on any atom is -0.459 e. The molecule has 0 radical (unpaired) electrons. The maximum absolute atomic E-state index is 14.3. The van der Waals surface area contributed by atoms with E-state index >= 15 is 0 Å². The number of amides is 1. The molecule has 0 saturated carbocycles. The monoisotopic (exact) mass is 1060 g/mol. The van der Waals surface area contributed by atoms with Crippen molar-refractivity contribution in [3.63, 3.8) is 0 Å². The zero-order chi connectivity index (χ0) is 55.3. The van der Waals surface area contributed by atoms with E-state index in [2.05, 4.69) is 93.6 Å². The van der Waals surface area contributed by atoms with Gasteiger partial charge in [0, 0.05) is 25.4 Å². The lowest BCUT2D eigenvalue weighted by molar-refractivity contribution is -0.291. The Hall–Kier alpha value is -3.29. The topological polar surface area (TPSA) is 169 Å². The smallest absolute Gasteiger partial charge is 0.311 e. The highest BCUT2D eigenvalue weighted by Gasteiger charge is 2.49. The van der Waals surface area contributed by atoms with E-state index in [1.165, 1.54) is 78.6 Å². The number of rotatable bonds is 20. The molecule has 0 unspecified atom stereocenters. The van der Waals surface area contributed by atoms with Gasteiger partial charge in [0.25, 0.3) is 0 Å². The summed E-state index contributed by atoms with van der Waals surface area (Å²) in [5.41, 5.74) is 0.316. The largest absolute Gasteiger partial charge is 0.459 e. The van der Waals surface area contributed by atoms with Gasteiger partial charge >= 0.3 is 5.97 Å². The van der Waals surface area contributed by atoms with Crippen molar-refractivity contribution in [3.8, 4) is 0 Å². The fraction of sp³-hybridized carbons (Fsp3) is 0.677. The van der Waals surface area contributed by atoms with E-state index in [0.717, 1.165) is 31.8 Å². The predicted molar refractivity (Wildman–Crippen MR) is 304 cm³/mol. The van der Waals surface area contributed by atoms with Crippen molar-refractivity contribution in [2.75, 3.05) is 26.8 Å². The number of carbonyl (C=O) groups excluding carboxylic acids is 2. The minimum atomic E-state index is -1.95. The Bertz CT molecular complexity index is 2130. The van der Waals surface area contributed by atoms with Crippen molar-refractivity contribution >= 4 is 35.1 Å². The summed E-state index contributed by atoms with van der Waals surface area (Å²) >= 11 is 0. The Balaban J connectivity index is 1.18. The molecule has 2 aliphatic heterocycles. The first-order valence-electron chi connectivity index (χ1n) is 28.5. The molecule has 0 spiro atoms. The van der Waals surface area contributed by atoms with E-state index in [1.54, 1.807) is 25.7 Å². The number of benzene rings is 3. The number of cyclic esters (lactones) is 1. The van der Waals surface area contributed by atoms with Crippen LogP contribution in [-0.2, 0) is 23.8 Å². The highest BCUT2D eigenvalue weighted by atomic mass is 31.2. The zero-order valence-corrected chi connectivity index (χ0v) is 48.8. The van der Waals surface area contributed by atoms with Crippen molar-refractivity contribution in [1.29, 1.82) is 0 Å². The predicted octanol–water partition coefficient (Wildman–Crippen LogP) is 8.84. The summed E-state index contributed by atoms with van der Waals surface area (Å²) in [5.74, 6) is -2.40. The molecule has 0 aliphatic carbocycles. The molecule has 5 rings (SSSR count). The number of esters is 1. The van der Waals surface area contributed by atoms with Crippen LogP contribution >= 0.6 is 7.26 Å². The zero-order valence-electron chi connectivity index (χ0n) is 47.9. The molecule has 75 heavy (non-hydrogen) atoms. The maximum Gasteiger partial charge on any atom is 0.311 e. The molecular formula is C62H98N2O10P+. The summed E-state index contributed by atoms with van der Waals surface area (Å²) in [6.45, 7) is 18.5. The Kier molecular flexibility index (Phi) is 23.8. The second-order valence-corrected chi connectivity index (χ2v) is 27.2. The van der Waals surface area contributed by atoms with Gasteiger partial charge in [-0.1, -0.05) is 95.2 Å². The summed E-state index contributed by atoms with van der Waals surface area (Å²) in [7, 11) is 1.85. The molecule has 2 aliphatic rings. The van der Waals surface area contributed by atoms with Crippen molar-refractivity contribution in [2.24, 2.45) is 11.8 Å². The van der Waals surface area contributed by atoms with Gasteiger partial charge in [0.05, 0.1) is 42.0 Å². The van der Waals surface area contributed by atoms with Crippen molar-refractivity contribution in [1.82, 2.24) is 9.80 Å². The molecule has 3 aromatic rings. The highest BCUT2D eigenvalue weighted by molar-refractivity contribution is 7.95. The molecule has 2 fully saturated rings. The van der Waals surface area contributed by atoms with Crippen LogP contribution in [0.1, 0.15) is 161 Å². The van der Waals surface area contributed by atoms with Crippen LogP contribution in [0.4, 0.5) is 0 Å². The van der Waals surface area contributed by atoms with Gasteiger partial charge in [-0.15, -0.1) is 0 Å². The molecule has 5 N–H and O–H groups in total. The van der Waals surface area contributed by atoms with Gasteiger partial charge in [0.2, 0.25) is 5.91 Å². The fourth-order valence-electron chi connectivity index (χ4n) is 11.9. The van der Waals surface area contributed by atoms with Crippen LogP contribution < -0.4 is 15.9 Å². The van der Waals surface area contributed by atoms with Gasteiger partial charge in [-0.3, -0.25) is 9.59 Å². The first kappa shape index (κ1) is 62.6.